The summed E-state index contributed by atoms with van der Waals surface area (Å²) in [6.07, 6.45) is 0. The molecule has 2 aromatic rings. The molecule has 3 N–H and O–H groups in total. The van der Waals surface area contributed by atoms with Crippen molar-refractivity contribution in [2.24, 2.45) is 0 Å². The molecule has 8 heteroatoms. The van der Waals surface area contributed by atoms with E-state index in [1.165, 1.54) is 19.1 Å². The van der Waals surface area contributed by atoms with Crippen molar-refractivity contribution in [3.05, 3.63) is 45.4 Å². The third-order valence-electron chi connectivity index (χ3n) is 2.78. The predicted octanol–water partition coefficient (Wildman–Crippen LogP) is 2.47. The number of hydrogen-bond donors (Lipinski definition) is 2. The summed E-state index contributed by atoms with van der Waals surface area (Å²) in [6, 6.07) is 4.39. The van der Waals surface area contributed by atoms with Crippen LogP contribution in [0.2, 0.25) is 0 Å². The molecule has 0 saturated carbocycles. The van der Waals surface area contributed by atoms with Gasteiger partial charge in [0.1, 0.15) is 11.5 Å². The molecule has 20 heavy (non-hydrogen) atoms. The lowest BCUT2D eigenvalue weighted by Crippen LogP contribution is -2.07. The number of nitrogen functional groups attached to an aromatic ring is 1. The first-order valence-corrected chi connectivity index (χ1v) is 5.70. The Bertz CT molecular complexity index is 690. The van der Waals surface area contributed by atoms with Gasteiger partial charge >= 0.3 is 5.69 Å². The minimum Gasteiger partial charge on any atom is -0.368 e. The van der Waals surface area contributed by atoms with Gasteiger partial charge in [0.05, 0.1) is 4.92 Å². The summed E-state index contributed by atoms with van der Waals surface area (Å²) in [5.74, 6) is -0.574. The summed E-state index contributed by atoms with van der Waals surface area (Å²) in [5.41, 5.74) is 6.05. The molecule has 104 valence electrons. The summed E-state index contributed by atoms with van der Waals surface area (Å²) in [5, 5.41) is 13.8. The molecule has 2 rings (SSSR count). The molecule has 1 aromatic heterocycles. The zero-order chi connectivity index (χ0) is 14.9. The molecule has 0 unspecified atom stereocenters. The van der Waals surface area contributed by atoms with Gasteiger partial charge in [0.2, 0.25) is 11.8 Å². The van der Waals surface area contributed by atoms with Crippen LogP contribution in [-0.4, -0.2) is 14.9 Å². The lowest BCUT2D eigenvalue weighted by atomic mass is 10.2. The molecular weight excluding hydrogens is 265 g/mol. The third kappa shape index (κ3) is 2.48. The Morgan fingerprint density at radius 2 is 2.05 bits per heavy atom. The number of nitro groups is 1. The van der Waals surface area contributed by atoms with Gasteiger partial charge in [-0.3, -0.25) is 10.1 Å². The minimum absolute atomic E-state index is 0.0614. The van der Waals surface area contributed by atoms with E-state index >= 15 is 0 Å². The van der Waals surface area contributed by atoms with Crippen LogP contribution in [0.1, 0.15) is 11.3 Å². The summed E-state index contributed by atoms with van der Waals surface area (Å²) in [7, 11) is 0. The van der Waals surface area contributed by atoms with Crippen molar-refractivity contribution in [1.29, 1.82) is 0 Å². The maximum absolute atomic E-state index is 13.5. The standard InChI is InChI=1S/C12H12FN5O2/c1-6-8(13)4-3-5-9(6)16-11-10(18(19)20)7(2)15-12(14)17-11/h3-5H,1-2H3,(H3,14,15,16,17). The van der Waals surface area contributed by atoms with E-state index in [1.54, 1.807) is 13.0 Å². The molecule has 0 fully saturated rings. The SMILES string of the molecule is Cc1nc(N)nc(Nc2cccc(F)c2C)c1[N+](=O)[O-]. The molecule has 0 atom stereocenters. The van der Waals surface area contributed by atoms with Gasteiger partial charge < -0.3 is 11.1 Å². The van der Waals surface area contributed by atoms with E-state index in [0.29, 0.717) is 11.3 Å². The number of aromatic nitrogens is 2. The van der Waals surface area contributed by atoms with Crippen LogP contribution >= 0.6 is 0 Å². The minimum atomic E-state index is -0.605. The topological polar surface area (TPSA) is 107 Å². The summed E-state index contributed by atoms with van der Waals surface area (Å²) >= 11 is 0. The van der Waals surface area contributed by atoms with Crippen molar-refractivity contribution in [2.75, 3.05) is 11.1 Å². The van der Waals surface area contributed by atoms with E-state index in [-0.39, 0.29) is 23.1 Å². The number of aryl methyl sites for hydroxylation is 1. The molecule has 1 heterocycles. The Hall–Kier alpha value is -2.77. The number of benzene rings is 1. The number of halogens is 1. The van der Waals surface area contributed by atoms with E-state index in [0.717, 1.165) is 0 Å². The average Bonchev–Trinajstić information content (AvgIpc) is 2.33. The van der Waals surface area contributed by atoms with Crippen LogP contribution in [0.5, 0.6) is 0 Å². The van der Waals surface area contributed by atoms with Gasteiger partial charge in [0, 0.05) is 11.3 Å². The number of nitrogens with two attached hydrogens (primary N) is 1. The highest BCUT2D eigenvalue weighted by atomic mass is 19.1. The van der Waals surface area contributed by atoms with Crippen LogP contribution in [0.3, 0.4) is 0 Å². The highest BCUT2D eigenvalue weighted by molar-refractivity contribution is 5.69. The van der Waals surface area contributed by atoms with Crippen LogP contribution in [0, 0.1) is 29.8 Å². The maximum atomic E-state index is 13.5. The second-order valence-corrected chi connectivity index (χ2v) is 4.16. The molecule has 0 amide bonds. The van der Waals surface area contributed by atoms with Gasteiger partial charge in [-0.2, -0.15) is 4.98 Å². The molecule has 0 aliphatic carbocycles. The fourth-order valence-corrected chi connectivity index (χ4v) is 1.76. The van der Waals surface area contributed by atoms with Gasteiger partial charge in [-0.05, 0) is 26.0 Å². The first-order valence-electron chi connectivity index (χ1n) is 5.70. The van der Waals surface area contributed by atoms with Gasteiger partial charge in [-0.1, -0.05) is 6.07 Å². The number of nitrogens with zero attached hydrogens (tertiary/aromatic N) is 3. The van der Waals surface area contributed by atoms with Crippen LogP contribution in [-0.2, 0) is 0 Å². The zero-order valence-corrected chi connectivity index (χ0v) is 10.8. The van der Waals surface area contributed by atoms with Crippen LogP contribution in [0.15, 0.2) is 18.2 Å². The van der Waals surface area contributed by atoms with Crippen LogP contribution in [0.4, 0.5) is 27.5 Å². The third-order valence-corrected chi connectivity index (χ3v) is 2.78. The van der Waals surface area contributed by atoms with Crippen molar-refractivity contribution in [3.8, 4) is 0 Å². The van der Waals surface area contributed by atoms with Gasteiger partial charge in [-0.15, -0.1) is 0 Å². The van der Waals surface area contributed by atoms with Gasteiger partial charge in [0.25, 0.3) is 0 Å². The summed E-state index contributed by atoms with van der Waals surface area (Å²) in [4.78, 5) is 18.0. The number of rotatable bonds is 3. The van der Waals surface area contributed by atoms with Crippen molar-refractivity contribution >= 4 is 23.1 Å². The van der Waals surface area contributed by atoms with Crippen molar-refractivity contribution in [2.45, 2.75) is 13.8 Å². The molecule has 0 aliphatic rings. The van der Waals surface area contributed by atoms with E-state index < -0.39 is 10.7 Å². The molecule has 0 aliphatic heterocycles. The van der Waals surface area contributed by atoms with Crippen molar-refractivity contribution in [3.63, 3.8) is 0 Å². The molecule has 1 aromatic carbocycles. The molecule has 0 spiro atoms. The van der Waals surface area contributed by atoms with E-state index in [1.807, 2.05) is 0 Å². The van der Waals surface area contributed by atoms with Gasteiger partial charge in [-0.25, -0.2) is 9.37 Å². The van der Waals surface area contributed by atoms with Crippen molar-refractivity contribution in [1.82, 2.24) is 9.97 Å². The van der Waals surface area contributed by atoms with E-state index in [2.05, 4.69) is 15.3 Å². The monoisotopic (exact) mass is 277 g/mol. The Labute approximate surface area is 113 Å². The number of nitrogens with one attached hydrogen (secondary N) is 1. The Morgan fingerprint density at radius 3 is 2.70 bits per heavy atom. The normalized spacial score (nSPS) is 10.3. The molecule has 0 saturated heterocycles. The maximum Gasteiger partial charge on any atom is 0.332 e. The number of hydrogen-bond acceptors (Lipinski definition) is 6. The second-order valence-electron chi connectivity index (χ2n) is 4.16. The zero-order valence-electron chi connectivity index (χ0n) is 10.8. The molecule has 0 bridgehead atoms. The average molecular weight is 277 g/mol. The summed E-state index contributed by atoms with van der Waals surface area (Å²) < 4.78 is 13.5. The molecular formula is C12H12FN5O2. The largest absolute Gasteiger partial charge is 0.368 e. The van der Waals surface area contributed by atoms with E-state index in [9.17, 15) is 14.5 Å². The highest BCUT2D eigenvalue weighted by Crippen LogP contribution is 2.30. The lowest BCUT2D eigenvalue weighted by molar-refractivity contribution is -0.385. The molecule has 0 radical (unpaired) electrons. The Balaban J connectivity index is 2.53. The first kappa shape index (κ1) is 13.7. The smallest absolute Gasteiger partial charge is 0.332 e. The fourth-order valence-electron chi connectivity index (χ4n) is 1.76. The van der Waals surface area contributed by atoms with Crippen LogP contribution < -0.4 is 11.1 Å². The Kier molecular flexibility index (Phi) is 3.47. The molecule has 7 nitrogen and oxygen atoms in total. The highest BCUT2D eigenvalue weighted by Gasteiger charge is 2.22. The predicted molar refractivity (Wildman–Crippen MR) is 72.3 cm³/mol. The van der Waals surface area contributed by atoms with Crippen LogP contribution in [0.25, 0.3) is 0 Å². The first-order chi connectivity index (χ1) is 9.40. The second kappa shape index (κ2) is 5.08. The quantitative estimate of drug-likeness (QED) is 0.659. The lowest BCUT2D eigenvalue weighted by Gasteiger charge is -2.10. The van der Waals surface area contributed by atoms with Crippen molar-refractivity contribution < 1.29 is 9.31 Å². The fraction of sp³-hybridized carbons (Fsp3) is 0.167. The van der Waals surface area contributed by atoms with E-state index in [4.69, 9.17) is 5.73 Å². The number of anilines is 3. The summed E-state index contributed by atoms with van der Waals surface area (Å²) in [6.45, 7) is 3.01. The van der Waals surface area contributed by atoms with Gasteiger partial charge in [0.15, 0.2) is 0 Å². The Morgan fingerprint density at radius 1 is 1.35 bits per heavy atom.